The highest BCUT2D eigenvalue weighted by Crippen LogP contribution is 2.29. The summed E-state index contributed by atoms with van der Waals surface area (Å²) in [5, 5.41) is 7.89. The van der Waals surface area contributed by atoms with Crippen molar-refractivity contribution in [1.82, 2.24) is 24.5 Å². The predicted molar refractivity (Wildman–Crippen MR) is 90.7 cm³/mol. The van der Waals surface area contributed by atoms with Crippen molar-refractivity contribution in [3.05, 3.63) is 34.9 Å². The first kappa shape index (κ1) is 17.4. The van der Waals surface area contributed by atoms with Crippen LogP contribution in [0.3, 0.4) is 0 Å². The fraction of sp³-hybridized carbons (Fsp3) is 0.312. The maximum atomic E-state index is 12.5. The molecule has 10 nitrogen and oxygen atoms in total. The van der Waals surface area contributed by atoms with Gasteiger partial charge in [-0.3, -0.25) is 14.2 Å². The fourth-order valence-corrected chi connectivity index (χ4v) is 2.43. The van der Waals surface area contributed by atoms with Crippen molar-refractivity contribution >= 4 is 17.1 Å². The number of methoxy groups -OCH3 is 2. The molecule has 0 amide bonds. The summed E-state index contributed by atoms with van der Waals surface area (Å²) in [5.74, 6) is 0.540. The summed E-state index contributed by atoms with van der Waals surface area (Å²) >= 11 is 0. The van der Waals surface area contributed by atoms with Gasteiger partial charge in [0.1, 0.15) is 12.9 Å². The van der Waals surface area contributed by atoms with Crippen LogP contribution in [-0.2, 0) is 16.1 Å². The number of hydrogen-bond donors (Lipinski definition) is 0. The quantitative estimate of drug-likeness (QED) is 0.587. The van der Waals surface area contributed by atoms with Gasteiger partial charge in [-0.25, -0.2) is 4.98 Å². The third-order valence-electron chi connectivity index (χ3n) is 3.65. The van der Waals surface area contributed by atoms with Crippen LogP contribution < -0.4 is 15.0 Å². The SMILES string of the molecule is CCOC(=O)Cn1cnc2c(nnn2-c2ccc(OC)c(OC)c2)c1=O. The number of benzene rings is 1. The van der Waals surface area contributed by atoms with Crippen molar-refractivity contribution in [2.24, 2.45) is 0 Å². The Kier molecular flexibility index (Phi) is 4.83. The van der Waals surface area contributed by atoms with Crippen molar-refractivity contribution < 1.29 is 19.0 Å². The molecule has 0 unspecified atom stereocenters. The lowest BCUT2D eigenvalue weighted by atomic mass is 10.2. The van der Waals surface area contributed by atoms with Crippen LogP contribution in [0.2, 0.25) is 0 Å². The van der Waals surface area contributed by atoms with E-state index in [1.54, 1.807) is 25.1 Å². The van der Waals surface area contributed by atoms with Crippen LogP contribution in [0.5, 0.6) is 11.5 Å². The molecule has 26 heavy (non-hydrogen) atoms. The van der Waals surface area contributed by atoms with Crippen LogP contribution in [0.25, 0.3) is 16.9 Å². The van der Waals surface area contributed by atoms with Crippen LogP contribution >= 0.6 is 0 Å². The second kappa shape index (κ2) is 7.21. The van der Waals surface area contributed by atoms with Gasteiger partial charge in [0.05, 0.1) is 26.5 Å². The lowest BCUT2D eigenvalue weighted by Gasteiger charge is -2.09. The molecule has 0 bridgehead atoms. The van der Waals surface area contributed by atoms with E-state index in [1.165, 1.54) is 25.2 Å². The van der Waals surface area contributed by atoms with Crippen LogP contribution in [0.15, 0.2) is 29.3 Å². The van der Waals surface area contributed by atoms with Gasteiger partial charge < -0.3 is 14.2 Å². The Labute approximate surface area is 147 Å². The number of rotatable bonds is 6. The van der Waals surface area contributed by atoms with Crippen LogP contribution in [-0.4, -0.2) is 51.3 Å². The second-order valence-electron chi connectivity index (χ2n) is 5.20. The molecule has 10 heteroatoms. The highest BCUT2D eigenvalue weighted by Gasteiger charge is 2.16. The molecule has 0 aliphatic heterocycles. The van der Waals surface area contributed by atoms with E-state index in [2.05, 4.69) is 15.3 Å². The number of esters is 1. The van der Waals surface area contributed by atoms with Crippen molar-refractivity contribution in [1.29, 1.82) is 0 Å². The van der Waals surface area contributed by atoms with Gasteiger partial charge in [0.2, 0.25) is 0 Å². The average molecular weight is 359 g/mol. The number of carbonyl (C=O) groups is 1. The smallest absolute Gasteiger partial charge is 0.326 e. The first-order valence-corrected chi connectivity index (χ1v) is 7.78. The molecule has 2 aromatic heterocycles. The number of aromatic nitrogens is 5. The Morgan fingerprint density at radius 1 is 1.19 bits per heavy atom. The monoisotopic (exact) mass is 359 g/mol. The summed E-state index contributed by atoms with van der Waals surface area (Å²) in [5.41, 5.74) is 0.434. The summed E-state index contributed by atoms with van der Waals surface area (Å²) in [6.07, 6.45) is 1.27. The molecule has 0 atom stereocenters. The van der Waals surface area contributed by atoms with Crippen LogP contribution in [0.1, 0.15) is 6.92 Å². The van der Waals surface area contributed by atoms with Gasteiger partial charge in [0.15, 0.2) is 22.7 Å². The Hall–Kier alpha value is -3.43. The van der Waals surface area contributed by atoms with E-state index in [0.717, 1.165) is 4.57 Å². The first-order valence-electron chi connectivity index (χ1n) is 7.78. The zero-order valence-electron chi connectivity index (χ0n) is 14.5. The highest BCUT2D eigenvalue weighted by atomic mass is 16.5. The topological polar surface area (TPSA) is 110 Å². The summed E-state index contributed by atoms with van der Waals surface area (Å²) in [6.45, 7) is 1.69. The predicted octanol–water partition coefficient (Wildman–Crippen LogP) is 0.558. The molecule has 0 fully saturated rings. The van der Waals surface area contributed by atoms with E-state index in [0.29, 0.717) is 17.2 Å². The average Bonchev–Trinajstić information content (AvgIpc) is 3.08. The number of nitrogens with zero attached hydrogens (tertiary/aromatic N) is 5. The number of hydrogen-bond acceptors (Lipinski definition) is 8. The molecule has 0 aliphatic carbocycles. The Morgan fingerprint density at radius 3 is 2.65 bits per heavy atom. The number of ether oxygens (including phenoxy) is 3. The van der Waals surface area contributed by atoms with Gasteiger partial charge in [0.25, 0.3) is 5.56 Å². The molecule has 1 aromatic carbocycles. The molecule has 0 saturated carbocycles. The summed E-state index contributed by atoms with van der Waals surface area (Å²) in [7, 11) is 3.06. The lowest BCUT2D eigenvalue weighted by Crippen LogP contribution is -2.26. The number of fused-ring (bicyclic) bond motifs is 1. The summed E-state index contributed by atoms with van der Waals surface area (Å²) in [6, 6.07) is 5.14. The minimum absolute atomic E-state index is 0.0478. The van der Waals surface area contributed by atoms with Crippen molar-refractivity contribution in [2.45, 2.75) is 13.5 Å². The molecule has 3 aromatic rings. The number of carbonyl (C=O) groups excluding carboxylic acids is 1. The molecule has 0 saturated heterocycles. The standard InChI is InChI=1S/C16H17N5O5/c1-4-26-13(22)8-20-9-17-15-14(16(20)23)18-19-21(15)10-5-6-11(24-2)12(7-10)25-3/h5-7,9H,4,8H2,1-3H3. The Morgan fingerprint density at radius 2 is 1.96 bits per heavy atom. The summed E-state index contributed by atoms with van der Waals surface area (Å²) < 4.78 is 17.9. The molecule has 0 N–H and O–H groups in total. The molecule has 3 rings (SSSR count). The zero-order valence-corrected chi connectivity index (χ0v) is 14.5. The highest BCUT2D eigenvalue weighted by molar-refractivity contribution is 5.72. The zero-order chi connectivity index (χ0) is 18.7. The van der Waals surface area contributed by atoms with Crippen molar-refractivity contribution in [2.75, 3.05) is 20.8 Å². The van der Waals surface area contributed by atoms with E-state index in [-0.39, 0.29) is 24.3 Å². The Balaban J connectivity index is 2.03. The van der Waals surface area contributed by atoms with E-state index >= 15 is 0 Å². The van der Waals surface area contributed by atoms with Crippen molar-refractivity contribution in [3.63, 3.8) is 0 Å². The van der Waals surface area contributed by atoms with Crippen molar-refractivity contribution in [3.8, 4) is 17.2 Å². The normalized spacial score (nSPS) is 10.7. The molecular weight excluding hydrogens is 342 g/mol. The maximum Gasteiger partial charge on any atom is 0.326 e. The van der Waals surface area contributed by atoms with E-state index in [4.69, 9.17) is 14.2 Å². The third kappa shape index (κ3) is 3.08. The molecular formula is C16H17N5O5. The molecule has 0 radical (unpaired) electrons. The molecule has 0 spiro atoms. The van der Waals surface area contributed by atoms with Crippen LogP contribution in [0, 0.1) is 0 Å². The van der Waals surface area contributed by atoms with Gasteiger partial charge in [-0.1, -0.05) is 5.21 Å². The second-order valence-corrected chi connectivity index (χ2v) is 5.20. The molecule has 2 heterocycles. The fourth-order valence-electron chi connectivity index (χ4n) is 2.43. The van der Waals surface area contributed by atoms with Gasteiger partial charge in [-0.15, -0.1) is 5.10 Å². The maximum absolute atomic E-state index is 12.5. The van der Waals surface area contributed by atoms with Gasteiger partial charge in [0, 0.05) is 6.07 Å². The minimum Gasteiger partial charge on any atom is -0.493 e. The van der Waals surface area contributed by atoms with Crippen LogP contribution in [0.4, 0.5) is 0 Å². The summed E-state index contributed by atoms with van der Waals surface area (Å²) in [4.78, 5) is 28.3. The van der Waals surface area contributed by atoms with Gasteiger partial charge in [-0.2, -0.15) is 4.68 Å². The van der Waals surface area contributed by atoms with E-state index in [9.17, 15) is 9.59 Å². The minimum atomic E-state index is -0.525. The molecule has 0 aliphatic rings. The van der Waals surface area contributed by atoms with E-state index < -0.39 is 11.5 Å². The molecule has 136 valence electrons. The lowest BCUT2D eigenvalue weighted by molar-refractivity contribution is -0.143. The Bertz CT molecular complexity index is 1010. The van der Waals surface area contributed by atoms with Gasteiger partial charge in [-0.05, 0) is 19.1 Å². The largest absolute Gasteiger partial charge is 0.493 e. The third-order valence-corrected chi connectivity index (χ3v) is 3.65. The van der Waals surface area contributed by atoms with E-state index in [1.807, 2.05) is 0 Å². The first-order chi connectivity index (χ1) is 12.6. The van der Waals surface area contributed by atoms with Gasteiger partial charge >= 0.3 is 5.97 Å².